The standard InChI is InChI=1S/C21H18N2O4.C14H14O2S/c1-15(24)22-19-10-7-17(8-11-19)18-9-12-20(23(25)26)21(13-18)27-14-16-5-3-2-4-6-16;15-17(16,11-13-7-3-1-4-8-13)12-14-9-5-2-6-10-14/h2-13H,14H2,1H3,(H,22,24);1-10H,11-12H2. The quantitative estimate of drug-likeness (QED) is 0.129. The number of rotatable bonds is 10. The highest BCUT2D eigenvalue weighted by Crippen LogP contribution is 2.33. The number of nitro benzene ring substituents is 1. The van der Waals surface area contributed by atoms with Crippen molar-refractivity contribution in [3.8, 4) is 16.9 Å². The van der Waals surface area contributed by atoms with Crippen LogP contribution in [-0.4, -0.2) is 19.2 Å². The van der Waals surface area contributed by atoms with Crippen molar-refractivity contribution in [1.82, 2.24) is 0 Å². The van der Waals surface area contributed by atoms with E-state index in [0.29, 0.717) is 5.69 Å². The summed E-state index contributed by atoms with van der Waals surface area (Å²) in [5, 5.41) is 14.0. The normalized spacial score (nSPS) is 10.7. The lowest BCUT2D eigenvalue weighted by molar-refractivity contribution is -0.385. The van der Waals surface area contributed by atoms with Crippen molar-refractivity contribution in [2.75, 3.05) is 5.32 Å². The van der Waals surface area contributed by atoms with Crippen LogP contribution in [0, 0.1) is 10.1 Å². The monoisotopic (exact) mass is 608 g/mol. The molecule has 0 unspecified atom stereocenters. The van der Waals surface area contributed by atoms with Gasteiger partial charge in [-0.15, -0.1) is 0 Å². The first kappa shape index (κ1) is 31.7. The van der Waals surface area contributed by atoms with Crippen LogP contribution in [0.25, 0.3) is 11.1 Å². The maximum Gasteiger partial charge on any atom is 0.310 e. The van der Waals surface area contributed by atoms with E-state index in [2.05, 4.69) is 5.32 Å². The van der Waals surface area contributed by atoms with Crippen molar-refractivity contribution in [1.29, 1.82) is 0 Å². The second-order valence-corrected chi connectivity index (χ2v) is 12.0. The third kappa shape index (κ3) is 9.92. The fourth-order valence-electron chi connectivity index (χ4n) is 4.35. The van der Waals surface area contributed by atoms with Gasteiger partial charge in [0.1, 0.15) is 6.61 Å². The predicted octanol–water partition coefficient (Wildman–Crippen LogP) is 7.60. The molecule has 9 heteroatoms. The average molecular weight is 609 g/mol. The van der Waals surface area contributed by atoms with Gasteiger partial charge in [-0.25, -0.2) is 8.42 Å². The molecule has 0 aliphatic carbocycles. The van der Waals surface area contributed by atoms with Gasteiger partial charge in [-0.3, -0.25) is 14.9 Å². The number of carbonyl (C=O) groups is 1. The molecule has 0 aromatic heterocycles. The maximum absolute atomic E-state index is 12.0. The number of benzene rings is 5. The Kier molecular flexibility index (Phi) is 11.0. The predicted molar refractivity (Wildman–Crippen MR) is 173 cm³/mol. The molecule has 0 atom stereocenters. The zero-order chi connectivity index (χ0) is 31.4. The van der Waals surface area contributed by atoms with Crippen LogP contribution in [0.1, 0.15) is 23.6 Å². The van der Waals surface area contributed by atoms with Crippen molar-refractivity contribution in [3.05, 3.63) is 160 Å². The van der Waals surface area contributed by atoms with E-state index in [-0.39, 0.29) is 35.5 Å². The molecule has 0 aliphatic heterocycles. The van der Waals surface area contributed by atoms with Gasteiger partial charge >= 0.3 is 5.69 Å². The van der Waals surface area contributed by atoms with Gasteiger partial charge in [0, 0.05) is 18.7 Å². The molecular formula is C35H32N2O6S. The Morgan fingerprint density at radius 3 is 1.66 bits per heavy atom. The zero-order valence-electron chi connectivity index (χ0n) is 24.1. The minimum atomic E-state index is -3.09. The number of sulfone groups is 1. The molecule has 0 aliphatic rings. The van der Waals surface area contributed by atoms with Crippen molar-refractivity contribution in [2.24, 2.45) is 0 Å². The summed E-state index contributed by atoms with van der Waals surface area (Å²) in [6.45, 7) is 1.69. The summed E-state index contributed by atoms with van der Waals surface area (Å²) >= 11 is 0. The largest absolute Gasteiger partial charge is 0.482 e. The average Bonchev–Trinajstić information content (AvgIpc) is 3.01. The molecule has 224 valence electrons. The summed E-state index contributed by atoms with van der Waals surface area (Å²) in [7, 11) is -3.09. The summed E-state index contributed by atoms with van der Waals surface area (Å²) in [5.74, 6) is 0.271. The van der Waals surface area contributed by atoms with E-state index in [0.717, 1.165) is 27.8 Å². The summed E-state index contributed by atoms with van der Waals surface area (Å²) in [6.07, 6.45) is 0. The minimum Gasteiger partial charge on any atom is -0.482 e. The molecule has 0 saturated carbocycles. The fraction of sp³-hybridized carbons (Fsp3) is 0.114. The molecule has 0 saturated heterocycles. The third-order valence-electron chi connectivity index (χ3n) is 6.39. The zero-order valence-corrected chi connectivity index (χ0v) is 24.9. The molecule has 0 fully saturated rings. The smallest absolute Gasteiger partial charge is 0.310 e. The van der Waals surface area contributed by atoms with Crippen LogP contribution in [-0.2, 0) is 32.7 Å². The Morgan fingerprint density at radius 2 is 1.18 bits per heavy atom. The molecule has 5 aromatic rings. The van der Waals surface area contributed by atoms with E-state index in [4.69, 9.17) is 4.74 Å². The Labute approximate surface area is 257 Å². The third-order valence-corrected chi connectivity index (χ3v) is 7.94. The Morgan fingerprint density at radius 1 is 0.705 bits per heavy atom. The number of nitro groups is 1. The second-order valence-electron chi connectivity index (χ2n) is 9.98. The highest BCUT2D eigenvalue weighted by Gasteiger charge is 2.17. The van der Waals surface area contributed by atoms with Gasteiger partial charge in [-0.2, -0.15) is 0 Å². The molecule has 0 bridgehead atoms. The van der Waals surface area contributed by atoms with Crippen LogP contribution in [0.2, 0.25) is 0 Å². The maximum atomic E-state index is 12.0. The number of carbonyl (C=O) groups excluding carboxylic acids is 1. The van der Waals surface area contributed by atoms with Crippen LogP contribution in [0.5, 0.6) is 5.75 Å². The number of hydrogen-bond donors (Lipinski definition) is 1. The molecule has 1 N–H and O–H groups in total. The van der Waals surface area contributed by atoms with E-state index >= 15 is 0 Å². The van der Waals surface area contributed by atoms with Gasteiger partial charge in [0.05, 0.1) is 16.4 Å². The Hall–Kier alpha value is -5.28. The highest BCUT2D eigenvalue weighted by atomic mass is 32.2. The van der Waals surface area contributed by atoms with E-state index < -0.39 is 14.8 Å². The van der Waals surface area contributed by atoms with E-state index in [9.17, 15) is 23.3 Å². The number of anilines is 1. The number of nitrogens with one attached hydrogen (secondary N) is 1. The van der Waals surface area contributed by atoms with Crippen LogP contribution in [0.4, 0.5) is 11.4 Å². The Bertz CT molecular complexity index is 1730. The van der Waals surface area contributed by atoms with E-state index in [1.807, 2.05) is 103 Å². The number of ether oxygens (including phenoxy) is 1. The molecule has 8 nitrogen and oxygen atoms in total. The first-order valence-electron chi connectivity index (χ1n) is 13.8. The van der Waals surface area contributed by atoms with Crippen LogP contribution >= 0.6 is 0 Å². The molecular weight excluding hydrogens is 576 g/mol. The van der Waals surface area contributed by atoms with Crippen LogP contribution in [0.3, 0.4) is 0 Å². The van der Waals surface area contributed by atoms with Gasteiger partial charge in [0.15, 0.2) is 15.6 Å². The second kappa shape index (κ2) is 15.3. The number of amides is 1. The topological polar surface area (TPSA) is 116 Å². The molecule has 5 aromatic carbocycles. The summed E-state index contributed by atoms with van der Waals surface area (Å²) < 4.78 is 29.7. The summed E-state index contributed by atoms with van der Waals surface area (Å²) in [5.41, 5.74) is 4.86. The molecule has 0 heterocycles. The lowest BCUT2D eigenvalue weighted by atomic mass is 10.0. The first-order valence-corrected chi connectivity index (χ1v) is 15.6. The van der Waals surface area contributed by atoms with Crippen molar-refractivity contribution < 1.29 is 22.9 Å². The van der Waals surface area contributed by atoms with Gasteiger partial charge < -0.3 is 10.1 Å². The molecule has 44 heavy (non-hydrogen) atoms. The van der Waals surface area contributed by atoms with Crippen molar-refractivity contribution in [3.63, 3.8) is 0 Å². The molecule has 0 radical (unpaired) electrons. The van der Waals surface area contributed by atoms with Gasteiger partial charge in [-0.1, -0.05) is 103 Å². The Balaban J connectivity index is 0.000000223. The minimum absolute atomic E-state index is 0.0791. The van der Waals surface area contributed by atoms with Crippen molar-refractivity contribution >= 4 is 27.1 Å². The molecule has 0 spiro atoms. The number of hydrogen-bond acceptors (Lipinski definition) is 6. The van der Waals surface area contributed by atoms with E-state index in [1.54, 1.807) is 24.3 Å². The van der Waals surface area contributed by atoms with Crippen molar-refractivity contribution in [2.45, 2.75) is 25.0 Å². The first-order chi connectivity index (χ1) is 21.2. The van der Waals surface area contributed by atoms with Crippen LogP contribution < -0.4 is 10.1 Å². The summed E-state index contributed by atoms with van der Waals surface area (Å²) in [6, 6.07) is 40.0. The summed E-state index contributed by atoms with van der Waals surface area (Å²) in [4.78, 5) is 22.0. The van der Waals surface area contributed by atoms with E-state index in [1.165, 1.54) is 13.0 Å². The van der Waals surface area contributed by atoms with Gasteiger partial charge in [0.2, 0.25) is 5.91 Å². The number of nitrogens with zero attached hydrogens (tertiary/aromatic N) is 1. The molecule has 1 amide bonds. The SMILES string of the molecule is CC(=O)Nc1ccc(-c2ccc([N+](=O)[O-])c(OCc3ccccc3)c2)cc1.O=S(=O)(Cc1ccccc1)Cc1ccccc1. The van der Waals surface area contributed by atoms with Gasteiger partial charge in [0.25, 0.3) is 0 Å². The highest BCUT2D eigenvalue weighted by molar-refractivity contribution is 7.89. The lowest BCUT2D eigenvalue weighted by Crippen LogP contribution is -2.07. The fourth-order valence-corrected chi connectivity index (χ4v) is 5.85. The van der Waals surface area contributed by atoms with Crippen LogP contribution in [0.15, 0.2) is 133 Å². The van der Waals surface area contributed by atoms with Gasteiger partial charge in [-0.05, 0) is 52.1 Å². The molecule has 5 rings (SSSR count). The lowest BCUT2D eigenvalue weighted by Gasteiger charge is -2.10.